The van der Waals surface area contributed by atoms with E-state index in [2.05, 4.69) is 10.6 Å². The molecular weight excluding hydrogens is 386 g/mol. The maximum atomic E-state index is 12.4. The number of benzene rings is 2. The van der Waals surface area contributed by atoms with Gasteiger partial charge in [0.1, 0.15) is 13.2 Å². The monoisotopic (exact) mass is 409 g/mol. The van der Waals surface area contributed by atoms with Gasteiger partial charge < -0.3 is 25.0 Å². The molecule has 2 aliphatic rings. The van der Waals surface area contributed by atoms with Crippen LogP contribution in [0.15, 0.2) is 36.4 Å². The number of carbonyl (C=O) groups excluding carboxylic acids is 3. The summed E-state index contributed by atoms with van der Waals surface area (Å²) in [7, 11) is 0. The van der Waals surface area contributed by atoms with E-state index in [4.69, 9.17) is 9.47 Å². The molecule has 1 saturated heterocycles. The molecule has 2 aromatic rings. The lowest BCUT2D eigenvalue weighted by molar-refractivity contribution is -0.133. The second-order valence-electron chi connectivity index (χ2n) is 7.27. The maximum Gasteiger partial charge on any atom is 0.314 e. The van der Waals surface area contributed by atoms with Crippen molar-refractivity contribution in [3.63, 3.8) is 0 Å². The average Bonchev–Trinajstić information content (AvgIpc) is 2.75. The van der Waals surface area contributed by atoms with Gasteiger partial charge >= 0.3 is 11.8 Å². The summed E-state index contributed by atoms with van der Waals surface area (Å²) >= 11 is 0. The Kier molecular flexibility index (Phi) is 5.56. The minimum Gasteiger partial charge on any atom is -0.486 e. The number of nitrogens with one attached hydrogen (secondary N) is 2. The number of carbonyl (C=O) groups is 3. The Morgan fingerprint density at radius 2 is 1.57 bits per heavy atom. The van der Waals surface area contributed by atoms with Gasteiger partial charge in [-0.1, -0.05) is 6.07 Å². The summed E-state index contributed by atoms with van der Waals surface area (Å²) < 4.78 is 10.9. The van der Waals surface area contributed by atoms with E-state index in [0.717, 1.165) is 24.1 Å². The zero-order valence-electron chi connectivity index (χ0n) is 16.7. The van der Waals surface area contributed by atoms with Crippen LogP contribution in [0.3, 0.4) is 0 Å². The third-order valence-corrected chi connectivity index (χ3v) is 5.09. The summed E-state index contributed by atoms with van der Waals surface area (Å²) in [6.45, 7) is 3.47. The molecule has 0 aromatic heterocycles. The standard InChI is InChI=1S/C22H23N3O5/c1-14-5-6-15(12-17(14)25-9-3-2-4-20(25)26)23-21(27)22(28)24-16-7-8-18-19(13-16)30-11-10-29-18/h5-8,12-13H,2-4,9-11H2,1H3,(H,23,27)(H,24,28). The van der Waals surface area contributed by atoms with E-state index in [9.17, 15) is 14.4 Å². The lowest BCUT2D eigenvalue weighted by atomic mass is 10.1. The molecule has 4 rings (SSSR count). The molecule has 2 heterocycles. The predicted molar refractivity (Wildman–Crippen MR) is 112 cm³/mol. The summed E-state index contributed by atoms with van der Waals surface area (Å²) in [6, 6.07) is 10.2. The number of fused-ring (bicyclic) bond motifs is 1. The molecule has 0 saturated carbocycles. The molecule has 2 N–H and O–H groups in total. The van der Waals surface area contributed by atoms with Gasteiger partial charge in [-0.15, -0.1) is 0 Å². The second kappa shape index (κ2) is 8.44. The second-order valence-corrected chi connectivity index (χ2v) is 7.27. The fraction of sp³-hybridized carbons (Fsp3) is 0.318. The number of rotatable bonds is 3. The summed E-state index contributed by atoms with van der Waals surface area (Å²) in [6.07, 6.45) is 2.36. The van der Waals surface area contributed by atoms with Crippen molar-refractivity contribution in [1.29, 1.82) is 0 Å². The first kappa shape index (κ1) is 19.8. The highest BCUT2D eigenvalue weighted by Crippen LogP contribution is 2.32. The zero-order valence-corrected chi connectivity index (χ0v) is 16.7. The quantitative estimate of drug-likeness (QED) is 0.760. The molecule has 0 unspecified atom stereocenters. The highest BCUT2D eigenvalue weighted by Gasteiger charge is 2.22. The van der Waals surface area contributed by atoms with Gasteiger partial charge in [0.15, 0.2) is 11.5 Å². The maximum absolute atomic E-state index is 12.4. The van der Waals surface area contributed by atoms with E-state index in [1.807, 2.05) is 13.0 Å². The fourth-order valence-electron chi connectivity index (χ4n) is 3.54. The van der Waals surface area contributed by atoms with E-state index in [1.54, 1.807) is 35.2 Å². The van der Waals surface area contributed by atoms with Gasteiger partial charge in [-0.3, -0.25) is 14.4 Å². The van der Waals surface area contributed by atoms with Crippen LogP contribution in [0.5, 0.6) is 11.5 Å². The summed E-state index contributed by atoms with van der Waals surface area (Å²) in [5.41, 5.74) is 2.58. The SMILES string of the molecule is Cc1ccc(NC(=O)C(=O)Nc2ccc3c(c2)OCCO3)cc1N1CCCCC1=O. The number of hydrogen-bond donors (Lipinski definition) is 2. The third kappa shape index (κ3) is 4.22. The number of hydrogen-bond acceptors (Lipinski definition) is 5. The number of anilines is 3. The molecule has 2 aliphatic heterocycles. The molecule has 3 amide bonds. The number of ether oxygens (including phenoxy) is 2. The van der Waals surface area contributed by atoms with E-state index in [0.29, 0.717) is 49.1 Å². The number of piperidine rings is 1. The molecule has 8 heteroatoms. The first-order valence-corrected chi connectivity index (χ1v) is 9.94. The number of amides is 3. The molecule has 0 bridgehead atoms. The van der Waals surface area contributed by atoms with Crippen molar-refractivity contribution in [2.75, 3.05) is 35.3 Å². The van der Waals surface area contributed by atoms with Crippen LogP contribution >= 0.6 is 0 Å². The topological polar surface area (TPSA) is 97.0 Å². The lowest BCUT2D eigenvalue weighted by Crippen LogP contribution is -2.35. The van der Waals surface area contributed by atoms with Gasteiger partial charge in [-0.2, -0.15) is 0 Å². The highest BCUT2D eigenvalue weighted by atomic mass is 16.6. The molecule has 2 aromatic carbocycles. The van der Waals surface area contributed by atoms with Crippen LogP contribution in [0.4, 0.5) is 17.1 Å². The van der Waals surface area contributed by atoms with Crippen molar-refractivity contribution < 1.29 is 23.9 Å². The van der Waals surface area contributed by atoms with Crippen LogP contribution in [-0.2, 0) is 14.4 Å². The van der Waals surface area contributed by atoms with Crippen molar-refractivity contribution >= 4 is 34.8 Å². The Bertz CT molecular complexity index is 1000. The van der Waals surface area contributed by atoms with Crippen molar-refractivity contribution in [1.82, 2.24) is 0 Å². The Hall–Kier alpha value is -3.55. The van der Waals surface area contributed by atoms with E-state index < -0.39 is 11.8 Å². The Morgan fingerprint density at radius 1 is 0.900 bits per heavy atom. The summed E-state index contributed by atoms with van der Waals surface area (Å²) in [4.78, 5) is 38.7. The Labute approximate surface area is 174 Å². The van der Waals surface area contributed by atoms with E-state index >= 15 is 0 Å². The van der Waals surface area contributed by atoms with Crippen LogP contribution < -0.4 is 25.0 Å². The number of aryl methyl sites for hydroxylation is 1. The van der Waals surface area contributed by atoms with Gasteiger partial charge in [0, 0.05) is 36.1 Å². The third-order valence-electron chi connectivity index (χ3n) is 5.09. The minimum atomic E-state index is -0.803. The normalized spacial score (nSPS) is 15.5. The molecule has 0 atom stereocenters. The van der Waals surface area contributed by atoms with Crippen LogP contribution in [0.1, 0.15) is 24.8 Å². The zero-order chi connectivity index (χ0) is 21.1. The van der Waals surface area contributed by atoms with Crippen molar-refractivity contribution in [3.05, 3.63) is 42.0 Å². The summed E-state index contributed by atoms with van der Waals surface area (Å²) in [5, 5.41) is 5.16. The molecule has 0 radical (unpaired) electrons. The smallest absolute Gasteiger partial charge is 0.314 e. The van der Waals surface area contributed by atoms with Crippen molar-refractivity contribution in [2.24, 2.45) is 0 Å². The minimum absolute atomic E-state index is 0.0733. The van der Waals surface area contributed by atoms with E-state index in [-0.39, 0.29) is 5.91 Å². The highest BCUT2D eigenvalue weighted by molar-refractivity contribution is 6.43. The summed E-state index contributed by atoms with van der Waals surface area (Å²) in [5.74, 6) is -0.409. The van der Waals surface area contributed by atoms with Crippen molar-refractivity contribution in [3.8, 4) is 11.5 Å². The van der Waals surface area contributed by atoms with Gasteiger partial charge in [0.25, 0.3) is 0 Å². The van der Waals surface area contributed by atoms with Crippen LogP contribution in [0.25, 0.3) is 0 Å². The molecule has 156 valence electrons. The molecular formula is C22H23N3O5. The first-order valence-electron chi connectivity index (χ1n) is 9.94. The largest absolute Gasteiger partial charge is 0.486 e. The van der Waals surface area contributed by atoms with Gasteiger partial charge in [0.05, 0.1) is 0 Å². The van der Waals surface area contributed by atoms with Crippen LogP contribution in [-0.4, -0.2) is 37.5 Å². The Morgan fingerprint density at radius 3 is 2.30 bits per heavy atom. The molecule has 0 spiro atoms. The Balaban J connectivity index is 1.44. The van der Waals surface area contributed by atoms with Gasteiger partial charge in [0.2, 0.25) is 5.91 Å². The number of nitrogens with zero attached hydrogens (tertiary/aromatic N) is 1. The van der Waals surface area contributed by atoms with Gasteiger partial charge in [-0.05, 0) is 49.6 Å². The van der Waals surface area contributed by atoms with Crippen LogP contribution in [0.2, 0.25) is 0 Å². The molecule has 30 heavy (non-hydrogen) atoms. The average molecular weight is 409 g/mol. The van der Waals surface area contributed by atoms with E-state index in [1.165, 1.54) is 0 Å². The van der Waals surface area contributed by atoms with Crippen LogP contribution in [0, 0.1) is 6.92 Å². The first-order chi connectivity index (χ1) is 14.5. The lowest BCUT2D eigenvalue weighted by Gasteiger charge is -2.28. The fourth-order valence-corrected chi connectivity index (χ4v) is 3.54. The van der Waals surface area contributed by atoms with Gasteiger partial charge in [-0.25, -0.2) is 0 Å². The predicted octanol–water partition coefficient (Wildman–Crippen LogP) is 2.86. The molecule has 1 fully saturated rings. The molecule has 8 nitrogen and oxygen atoms in total. The molecule has 0 aliphatic carbocycles. The van der Waals surface area contributed by atoms with Crippen molar-refractivity contribution in [2.45, 2.75) is 26.2 Å².